The maximum Gasteiger partial charge on any atom is 0.325 e. The topological polar surface area (TPSA) is 55.6 Å². The molecule has 1 atom stereocenters. The summed E-state index contributed by atoms with van der Waals surface area (Å²) in [5, 5.41) is 0. The first-order valence-corrected chi connectivity index (χ1v) is 7.74. The predicted octanol–water partition coefficient (Wildman–Crippen LogP) is 2.42. The number of carbonyl (C=O) groups excluding carboxylic acids is 1. The molecule has 1 aromatic carbocycles. The van der Waals surface area contributed by atoms with Crippen molar-refractivity contribution in [3.8, 4) is 0 Å². The van der Waals surface area contributed by atoms with E-state index in [0.29, 0.717) is 13.0 Å². The number of benzene rings is 1. The number of ether oxygens (including phenoxy) is 1. The quantitative estimate of drug-likeness (QED) is 0.846. The fraction of sp³-hybridized carbons (Fsp3) is 0.588. The second-order valence-corrected chi connectivity index (χ2v) is 6.11. The van der Waals surface area contributed by atoms with Crippen molar-refractivity contribution in [2.24, 2.45) is 5.73 Å². The smallest absolute Gasteiger partial charge is 0.325 e. The number of esters is 1. The van der Waals surface area contributed by atoms with Crippen LogP contribution in [0.5, 0.6) is 0 Å². The minimum atomic E-state index is -0.918. The van der Waals surface area contributed by atoms with Gasteiger partial charge in [-0.25, -0.2) is 0 Å². The van der Waals surface area contributed by atoms with Crippen LogP contribution < -0.4 is 10.6 Å². The van der Waals surface area contributed by atoms with Gasteiger partial charge in [-0.3, -0.25) is 4.79 Å². The predicted molar refractivity (Wildman–Crippen MR) is 85.6 cm³/mol. The highest BCUT2D eigenvalue weighted by Gasteiger charge is 2.31. The average molecular weight is 290 g/mol. The molecular weight excluding hydrogens is 264 g/mol. The van der Waals surface area contributed by atoms with E-state index >= 15 is 0 Å². The number of rotatable bonds is 5. The van der Waals surface area contributed by atoms with Crippen molar-refractivity contribution in [3.05, 3.63) is 29.3 Å². The summed E-state index contributed by atoms with van der Waals surface area (Å²) in [7, 11) is 0. The minimum Gasteiger partial charge on any atom is -0.465 e. The molecule has 116 valence electrons. The van der Waals surface area contributed by atoms with Gasteiger partial charge in [-0.2, -0.15) is 0 Å². The summed E-state index contributed by atoms with van der Waals surface area (Å²) >= 11 is 0. The molecule has 1 aliphatic rings. The van der Waals surface area contributed by atoms with Gasteiger partial charge < -0.3 is 15.4 Å². The molecule has 4 nitrogen and oxygen atoms in total. The molecule has 0 radical (unpaired) electrons. The number of carbonyl (C=O) groups is 1. The van der Waals surface area contributed by atoms with Crippen LogP contribution in [0.3, 0.4) is 0 Å². The lowest BCUT2D eigenvalue weighted by atomic mass is 9.96. The number of hydrogen-bond acceptors (Lipinski definition) is 4. The van der Waals surface area contributed by atoms with Crippen LogP contribution in [0.1, 0.15) is 37.8 Å². The SMILES string of the molecule is CCOC(=O)C(C)(N)CCN1CCCc2cc(C)ccc21. The Morgan fingerprint density at radius 2 is 2.24 bits per heavy atom. The first-order chi connectivity index (χ1) is 9.94. The van der Waals surface area contributed by atoms with E-state index in [4.69, 9.17) is 10.5 Å². The van der Waals surface area contributed by atoms with Gasteiger partial charge in [0.15, 0.2) is 0 Å². The lowest BCUT2D eigenvalue weighted by Crippen LogP contribution is -2.49. The highest BCUT2D eigenvalue weighted by atomic mass is 16.5. The van der Waals surface area contributed by atoms with E-state index in [0.717, 1.165) is 25.9 Å². The van der Waals surface area contributed by atoms with E-state index < -0.39 is 5.54 Å². The molecule has 0 fully saturated rings. The van der Waals surface area contributed by atoms with Crippen LogP contribution in [0, 0.1) is 6.92 Å². The first-order valence-electron chi connectivity index (χ1n) is 7.74. The van der Waals surface area contributed by atoms with Crippen LogP contribution >= 0.6 is 0 Å². The second-order valence-electron chi connectivity index (χ2n) is 6.11. The molecule has 1 unspecified atom stereocenters. The Bertz CT molecular complexity index is 512. The monoisotopic (exact) mass is 290 g/mol. The van der Waals surface area contributed by atoms with Crippen molar-refractivity contribution in [2.75, 3.05) is 24.6 Å². The van der Waals surface area contributed by atoms with Crippen molar-refractivity contribution < 1.29 is 9.53 Å². The Labute approximate surface area is 127 Å². The lowest BCUT2D eigenvalue weighted by Gasteiger charge is -2.34. The Balaban J connectivity index is 2.04. The van der Waals surface area contributed by atoms with E-state index in [1.807, 2.05) is 0 Å². The first kappa shape index (κ1) is 15.8. The molecule has 1 aromatic rings. The van der Waals surface area contributed by atoms with Crippen molar-refractivity contribution in [2.45, 2.75) is 45.6 Å². The molecule has 1 aliphatic heterocycles. The summed E-state index contributed by atoms with van der Waals surface area (Å²) in [5.74, 6) is -0.314. The Kier molecular flexibility index (Phi) is 4.88. The summed E-state index contributed by atoms with van der Waals surface area (Å²) in [6, 6.07) is 6.58. The molecule has 1 heterocycles. The van der Waals surface area contributed by atoms with E-state index in [1.165, 1.54) is 16.8 Å². The number of nitrogens with two attached hydrogens (primary N) is 1. The molecular formula is C17H26N2O2. The highest BCUT2D eigenvalue weighted by Crippen LogP contribution is 2.28. The van der Waals surface area contributed by atoms with Crippen LogP contribution in [0.25, 0.3) is 0 Å². The zero-order valence-electron chi connectivity index (χ0n) is 13.3. The van der Waals surface area contributed by atoms with Gasteiger partial charge in [-0.1, -0.05) is 17.7 Å². The molecule has 21 heavy (non-hydrogen) atoms. The minimum absolute atomic E-state index is 0.314. The summed E-state index contributed by atoms with van der Waals surface area (Å²) in [6.07, 6.45) is 2.88. The summed E-state index contributed by atoms with van der Waals surface area (Å²) in [5.41, 5.74) is 9.17. The number of nitrogens with zero attached hydrogens (tertiary/aromatic N) is 1. The van der Waals surface area contributed by atoms with E-state index in [2.05, 4.69) is 30.0 Å². The third-order valence-corrected chi connectivity index (χ3v) is 4.09. The van der Waals surface area contributed by atoms with Crippen molar-refractivity contribution in [1.29, 1.82) is 0 Å². The standard InChI is InChI=1S/C17H26N2O2/c1-4-21-16(20)17(3,18)9-11-19-10-5-6-14-12-13(2)7-8-15(14)19/h7-8,12H,4-6,9-11,18H2,1-3H3. The fourth-order valence-electron chi connectivity index (χ4n) is 2.80. The van der Waals surface area contributed by atoms with Crippen molar-refractivity contribution in [3.63, 3.8) is 0 Å². The zero-order valence-corrected chi connectivity index (χ0v) is 13.3. The van der Waals surface area contributed by atoms with Crippen molar-refractivity contribution >= 4 is 11.7 Å². The molecule has 0 amide bonds. The number of fused-ring (bicyclic) bond motifs is 1. The van der Waals surface area contributed by atoms with Gasteiger partial charge in [-0.05, 0) is 51.7 Å². The molecule has 0 saturated carbocycles. The van der Waals surface area contributed by atoms with Crippen LogP contribution in [0.15, 0.2) is 18.2 Å². The van der Waals surface area contributed by atoms with Gasteiger partial charge in [0, 0.05) is 18.8 Å². The summed E-state index contributed by atoms with van der Waals surface area (Å²) in [4.78, 5) is 14.2. The molecule has 2 rings (SSSR count). The third-order valence-electron chi connectivity index (χ3n) is 4.09. The van der Waals surface area contributed by atoms with Crippen LogP contribution in [0.4, 0.5) is 5.69 Å². The molecule has 0 saturated heterocycles. The third kappa shape index (κ3) is 3.76. The van der Waals surface area contributed by atoms with Gasteiger partial charge in [0.2, 0.25) is 0 Å². The van der Waals surface area contributed by atoms with Crippen LogP contribution in [-0.4, -0.2) is 31.2 Å². The van der Waals surface area contributed by atoms with Gasteiger partial charge >= 0.3 is 5.97 Å². The van der Waals surface area contributed by atoms with Crippen LogP contribution in [0.2, 0.25) is 0 Å². The average Bonchev–Trinajstić information content (AvgIpc) is 2.45. The maximum atomic E-state index is 11.9. The largest absolute Gasteiger partial charge is 0.465 e. The van der Waals surface area contributed by atoms with Crippen LogP contribution in [-0.2, 0) is 16.0 Å². The van der Waals surface area contributed by atoms with Crippen molar-refractivity contribution in [1.82, 2.24) is 0 Å². The van der Waals surface area contributed by atoms with Gasteiger partial charge in [0.25, 0.3) is 0 Å². The van der Waals surface area contributed by atoms with E-state index in [9.17, 15) is 4.79 Å². The Morgan fingerprint density at radius 3 is 2.95 bits per heavy atom. The maximum absolute atomic E-state index is 11.9. The van der Waals surface area contributed by atoms with Gasteiger partial charge in [-0.15, -0.1) is 0 Å². The molecule has 0 spiro atoms. The number of hydrogen-bond donors (Lipinski definition) is 1. The summed E-state index contributed by atoms with van der Waals surface area (Å²) < 4.78 is 5.05. The number of anilines is 1. The van der Waals surface area contributed by atoms with Gasteiger partial charge in [0.1, 0.15) is 5.54 Å². The normalized spacial score (nSPS) is 17.0. The number of aryl methyl sites for hydroxylation is 2. The molecule has 4 heteroatoms. The molecule has 0 bridgehead atoms. The zero-order chi connectivity index (χ0) is 15.5. The Morgan fingerprint density at radius 1 is 1.48 bits per heavy atom. The Hall–Kier alpha value is -1.55. The highest BCUT2D eigenvalue weighted by molar-refractivity contribution is 5.80. The molecule has 0 aliphatic carbocycles. The second kappa shape index (κ2) is 6.48. The van der Waals surface area contributed by atoms with E-state index in [1.54, 1.807) is 13.8 Å². The molecule has 0 aromatic heterocycles. The molecule has 2 N–H and O–H groups in total. The van der Waals surface area contributed by atoms with E-state index in [-0.39, 0.29) is 5.97 Å². The lowest BCUT2D eigenvalue weighted by molar-refractivity contribution is -0.149. The fourth-order valence-corrected chi connectivity index (χ4v) is 2.80. The summed E-state index contributed by atoms with van der Waals surface area (Å²) in [6.45, 7) is 7.85. The van der Waals surface area contributed by atoms with Gasteiger partial charge in [0.05, 0.1) is 6.61 Å².